The third-order valence-corrected chi connectivity index (χ3v) is 3.23. The molecule has 1 N–H and O–H groups in total. The Balaban J connectivity index is 2.45. The molecule has 2 aromatic carbocycles. The van der Waals surface area contributed by atoms with Gasteiger partial charge in [-0.2, -0.15) is 0 Å². The summed E-state index contributed by atoms with van der Waals surface area (Å²) >= 11 is 0. The number of halogens is 3. The van der Waals surface area contributed by atoms with Gasteiger partial charge >= 0.3 is 0 Å². The largest absolute Gasteiger partial charge is 0.497 e. The number of benzene rings is 2. The van der Waals surface area contributed by atoms with Gasteiger partial charge in [-0.25, -0.2) is 13.2 Å². The highest BCUT2D eigenvalue weighted by atomic mass is 19.2. The van der Waals surface area contributed by atoms with Crippen LogP contribution in [0.3, 0.4) is 0 Å². The predicted octanol–water partition coefficient (Wildman–Crippen LogP) is 3.81. The van der Waals surface area contributed by atoms with Crippen LogP contribution in [0.2, 0.25) is 0 Å². The fourth-order valence-corrected chi connectivity index (χ4v) is 2.17. The van der Waals surface area contributed by atoms with Crippen molar-refractivity contribution in [2.45, 2.75) is 13.0 Å². The first-order valence-electron chi connectivity index (χ1n) is 6.59. The second kappa shape index (κ2) is 6.63. The monoisotopic (exact) mass is 295 g/mol. The number of ether oxygens (including phenoxy) is 1. The van der Waals surface area contributed by atoms with Crippen molar-refractivity contribution in [1.82, 2.24) is 5.32 Å². The zero-order chi connectivity index (χ0) is 15.4. The molecule has 21 heavy (non-hydrogen) atoms. The van der Waals surface area contributed by atoms with Crippen LogP contribution in [0, 0.1) is 17.5 Å². The third kappa shape index (κ3) is 3.19. The van der Waals surface area contributed by atoms with E-state index in [1.54, 1.807) is 31.4 Å². The first kappa shape index (κ1) is 15.4. The maximum Gasteiger partial charge on any atom is 0.194 e. The molecule has 5 heteroatoms. The summed E-state index contributed by atoms with van der Waals surface area (Å²) in [5, 5.41) is 3.07. The van der Waals surface area contributed by atoms with Crippen LogP contribution in [0.5, 0.6) is 5.75 Å². The molecule has 0 saturated carbocycles. The second-order valence-corrected chi connectivity index (χ2v) is 4.53. The Morgan fingerprint density at radius 1 is 1.00 bits per heavy atom. The fraction of sp³-hybridized carbons (Fsp3) is 0.250. The van der Waals surface area contributed by atoms with Crippen LogP contribution < -0.4 is 10.1 Å². The minimum Gasteiger partial charge on any atom is -0.497 e. The average molecular weight is 295 g/mol. The molecule has 2 aromatic rings. The van der Waals surface area contributed by atoms with Gasteiger partial charge in [0.1, 0.15) is 5.75 Å². The van der Waals surface area contributed by atoms with Crippen LogP contribution in [-0.2, 0) is 0 Å². The highest BCUT2D eigenvalue weighted by Gasteiger charge is 2.21. The lowest BCUT2D eigenvalue weighted by atomic mass is 9.97. The summed E-state index contributed by atoms with van der Waals surface area (Å²) in [6, 6.07) is 8.61. The van der Waals surface area contributed by atoms with Gasteiger partial charge in [0.05, 0.1) is 13.2 Å². The molecule has 0 heterocycles. The Kier molecular flexibility index (Phi) is 4.85. The Morgan fingerprint density at radius 3 is 2.24 bits per heavy atom. The van der Waals surface area contributed by atoms with Crippen molar-refractivity contribution in [3.63, 3.8) is 0 Å². The average Bonchev–Trinajstić information content (AvgIpc) is 2.51. The smallest absolute Gasteiger partial charge is 0.194 e. The molecule has 0 spiro atoms. The molecule has 112 valence electrons. The lowest BCUT2D eigenvalue weighted by Crippen LogP contribution is -2.23. The summed E-state index contributed by atoms with van der Waals surface area (Å²) in [4.78, 5) is 0. The van der Waals surface area contributed by atoms with E-state index < -0.39 is 23.5 Å². The van der Waals surface area contributed by atoms with Gasteiger partial charge in [-0.3, -0.25) is 0 Å². The van der Waals surface area contributed by atoms with Crippen molar-refractivity contribution >= 4 is 0 Å². The summed E-state index contributed by atoms with van der Waals surface area (Å²) in [6.45, 7) is 2.41. The number of rotatable bonds is 5. The first-order chi connectivity index (χ1) is 10.1. The van der Waals surface area contributed by atoms with Gasteiger partial charge in [0.2, 0.25) is 0 Å². The van der Waals surface area contributed by atoms with Crippen molar-refractivity contribution < 1.29 is 17.9 Å². The van der Waals surface area contributed by atoms with E-state index in [-0.39, 0.29) is 5.56 Å². The number of hydrogen-bond donors (Lipinski definition) is 1. The predicted molar refractivity (Wildman–Crippen MR) is 74.8 cm³/mol. The molecular formula is C16H16F3NO. The van der Waals surface area contributed by atoms with Gasteiger partial charge in [0, 0.05) is 5.56 Å². The normalized spacial score (nSPS) is 12.2. The van der Waals surface area contributed by atoms with Gasteiger partial charge < -0.3 is 10.1 Å². The number of methoxy groups -OCH3 is 1. The van der Waals surface area contributed by atoms with Crippen LogP contribution in [0.1, 0.15) is 24.1 Å². The van der Waals surface area contributed by atoms with Crippen LogP contribution in [0.25, 0.3) is 0 Å². The van der Waals surface area contributed by atoms with E-state index in [2.05, 4.69) is 5.32 Å². The number of nitrogens with one attached hydrogen (secondary N) is 1. The highest BCUT2D eigenvalue weighted by Crippen LogP contribution is 2.28. The van der Waals surface area contributed by atoms with Crippen LogP contribution in [-0.4, -0.2) is 13.7 Å². The fourth-order valence-electron chi connectivity index (χ4n) is 2.17. The molecule has 0 aliphatic heterocycles. The zero-order valence-corrected chi connectivity index (χ0v) is 11.8. The minimum absolute atomic E-state index is 0.0703. The van der Waals surface area contributed by atoms with E-state index in [9.17, 15) is 13.2 Å². The minimum atomic E-state index is -1.45. The summed E-state index contributed by atoms with van der Waals surface area (Å²) < 4.78 is 45.5. The molecule has 1 unspecified atom stereocenters. The lowest BCUT2D eigenvalue weighted by Gasteiger charge is -2.20. The molecule has 0 radical (unpaired) electrons. The van der Waals surface area contributed by atoms with Crippen LogP contribution in [0.15, 0.2) is 36.4 Å². The van der Waals surface area contributed by atoms with Gasteiger partial charge in [-0.05, 0) is 30.3 Å². The summed E-state index contributed by atoms with van der Waals surface area (Å²) in [7, 11) is 1.55. The SMILES string of the molecule is CCNC(c1ccc(OC)cc1)c1ccc(F)c(F)c1F. The molecule has 1 atom stereocenters. The van der Waals surface area contributed by atoms with Crippen molar-refractivity contribution in [2.24, 2.45) is 0 Å². The van der Waals surface area contributed by atoms with E-state index in [0.29, 0.717) is 12.3 Å². The van der Waals surface area contributed by atoms with Crippen molar-refractivity contribution in [3.05, 3.63) is 65.0 Å². The summed E-state index contributed by atoms with van der Waals surface area (Å²) in [6.07, 6.45) is 0. The molecule has 2 rings (SSSR count). The van der Waals surface area contributed by atoms with E-state index >= 15 is 0 Å². The lowest BCUT2D eigenvalue weighted by molar-refractivity contribution is 0.414. The Hall–Kier alpha value is -2.01. The summed E-state index contributed by atoms with van der Waals surface area (Å²) in [5.41, 5.74) is 0.809. The quantitative estimate of drug-likeness (QED) is 0.847. The van der Waals surface area contributed by atoms with Gasteiger partial charge in [-0.15, -0.1) is 0 Å². The van der Waals surface area contributed by atoms with Gasteiger partial charge in [0.25, 0.3) is 0 Å². The molecule has 0 fully saturated rings. The number of hydrogen-bond acceptors (Lipinski definition) is 2. The van der Waals surface area contributed by atoms with Crippen molar-refractivity contribution in [3.8, 4) is 5.75 Å². The van der Waals surface area contributed by atoms with Crippen molar-refractivity contribution in [2.75, 3.05) is 13.7 Å². The first-order valence-corrected chi connectivity index (χ1v) is 6.59. The second-order valence-electron chi connectivity index (χ2n) is 4.53. The molecule has 0 bridgehead atoms. The third-order valence-electron chi connectivity index (χ3n) is 3.23. The Bertz CT molecular complexity index is 614. The molecular weight excluding hydrogens is 279 g/mol. The van der Waals surface area contributed by atoms with E-state index in [1.165, 1.54) is 6.07 Å². The van der Waals surface area contributed by atoms with Crippen LogP contribution >= 0.6 is 0 Å². The molecule has 0 saturated heterocycles. The van der Waals surface area contributed by atoms with Crippen molar-refractivity contribution in [1.29, 1.82) is 0 Å². The maximum absolute atomic E-state index is 14.0. The Morgan fingerprint density at radius 2 is 1.67 bits per heavy atom. The maximum atomic E-state index is 14.0. The highest BCUT2D eigenvalue weighted by molar-refractivity contribution is 5.36. The molecule has 0 amide bonds. The van der Waals surface area contributed by atoms with E-state index in [0.717, 1.165) is 11.6 Å². The topological polar surface area (TPSA) is 21.3 Å². The Labute approximate surface area is 121 Å². The standard InChI is InChI=1S/C16H16F3NO/c1-3-20-16(10-4-6-11(21-2)7-5-10)12-8-9-13(17)15(19)14(12)18/h4-9,16,20H,3H2,1-2H3. The van der Waals surface area contributed by atoms with Gasteiger partial charge in [-0.1, -0.05) is 25.1 Å². The van der Waals surface area contributed by atoms with E-state index in [1.807, 2.05) is 6.92 Å². The zero-order valence-electron chi connectivity index (χ0n) is 11.8. The van der Waals surface area contributed by atoms with E-state index in [4.69, 9.17) is 4.74 Å². The molecule has 0 aliphatic carbocycles. The molecule has 2 nitrogen and oxygen atoms in total. The molecule has 0 aliphatic rings. The van der Waals surface area contributed by atoms with Crippen LogP contribution in [0.4, 0.5) is 13.2 Å². The summed E-state index contributed by atoms with van der Waals surface area (Å²) in [5.74, 6) is -3.15. The van der Waals surface area contributed by atoms with Gasteiger partial charge in [0.15, 0.2) is 17.5 Å². The molecule has 0 aromatic heterocycles.